The lowest BCUT2D eigenvalue weighted by Gasteiger charge is -2.07. The molecule has 4 rings (SSSR count). The fourth-order valence-electron chi connectivity index (χ4n) is 3.16. The van der Waals surface area contributed by atoms with Crippen LogP contribution in [0.4, 0.5) is 0 Å². The average Bonchev–Trinajstić information content (AvgIpc) is 3.38. The van der Waals surface area contributed by atoms with E-state index >= 15 is 0 Å². The molecule has 0 radical (unpaired) electrons. The SMILES string of the molecule is COCCCNC(=O)c1ccn(-c2ccc3ccc(-c4ccccc4)cn23)n1. The molecule has 1 aromatic carbocycles. The summed E-state index contributed by atoms with van der Waals surface area (Å²) in [5.41, 5.74) is 3.73. The number of hydrogen-bond donors (Lipinski definition) is 1. The molecule has 0 atom stereocenters. The number of hydrogen-bond acceptors (Lipinski definition) is 3. The molecule has 3 heterocycles. The second-order valence-corrected chi connectivity index (χ2v) is 6.52. The predicted octanol–water partition coefficient (Wildman–Crippen LogP) is 3.56. The first-order chi connectivity index (χ1) is 13.8. The van der Waals surface area contributed by atoms with Gasteiger partial charge in [0.15, 0.2) is 5.69 Å². The number of rotatable bonds is 7. The number of amides is 1. The number of nitrogens with one attached hydrogen (secondary N) is 1. The number of nitrogens with zero attached hydrogens (tertiary/aromatic N) is 3. The van der Waals surface area contributed by atoms with Crippen molar-refractivity contribution in [3.63, 3.8) is 0 Å². The van der Waals surface area contributed by atoms with Crippen LogP contribution < -0.4 is 5.32 Å². The minimum atomic E-state index is -0.180. The largest absolute Gasteiger partial charge is 0.385 e. The van der Waals surface area contributed by atoms with Crippen LogP contribution in [0.15, 0.2) is 73.1 Å². The van der Waals surface area contributed by atoms with Crippen molar-refractivity contribution >= 4 is 11.4 Å². The lowest BCUT2D eigenvalue weighted by atomic mass is 10.1. The van der Waals surface area contributed by atoms with Crippen molar-refractivity contribution in [2.75, 3.05) is 20.3 Å². The van der Waals surface area contributed by atoms with Crippen molar-refractivity contribution in [2.45, 2.75) is 6.42 Å². The van der Waals surface area contributed by atoms with Gasteiger partial charge in [0, 0.05) is 38.2 Å². The summed E-state index contributed by atoms with van der Waals surface area (Å²) in [6.07, 6.45) is 4.67. The van der Waals surface area contributed by atoms with E-state index in [9.17, 15) is 4.79 Å². The van der Waals surface area contributed by atoms with E-state index in [0.717, 1.165) is 28.9 Å². The molecule has 4 aromatic rings. The van der Waals surface area contributed by atoms with E-state index in [1.807, 2.05) is 30.3 Å². The maximum atomic E-state index is 12.3. The van der Waals surface area contributed by atoms with Gasteiger partial charge in [0.25, 0.3) is 5.91 Å². The van der Waals surface area contributed by atoms with Gasteiger partial charge >= 0.3 is 0 Å². The summed E-state index contributed by atoms with van der Waals surface area (Å²) < 4.78 is 8.80. The third-order valence-corrected chi connectivity index (χ3v) is 4.60. The van der Waals surface area contributed by atoms with Gasteiger partial charge in [-0.15, -0.1) is 0 Å². The van der Waals surface area contributed by atoms with Gasteiger partial charge in [0.05, 0.1) is 0 Å². The van der Waals surface area contributed by atoms with E-state index < -0.39 is 0 Å². The summed E-state index contributed by atoms with van der Waals surface area (Å²) in [5.74, 6) is 0.701. The zero-order chi connectivity index (χ0) is 19.3. The van der Waals surface area contributed by atoms with E-state index in [1.54, 1.807) is 24.1 Å². The molecule has 0 aliphatic heterocycles. The first-order valence-corrected chi connectivity index (χ1v) is 9.26. The van der Waals surface area contributed by atoms with E-state index in [2.05, 4.69) is 45.3 Å². The second kappa shape index (κ2) is 8.10. The number of pyridine rings is 1. The molecule has 6 heteroatoms. The highest BCUT2D eigenvalue weighted by Gasteiger charge is 2.12. The van der Waals surface area contributed by atoms with Crippen LogP contribution in [0, 0.1) is 0 Å². The van der Waals surface area contributed by atoms with Crippen LogP contribution in [-0.2, 0) is 4.74 Å². The molecule has 1 amide bonds. The van der Waals surface area contributed by atoms with Crippen molar-refractivity contribution < 1.29 is 9.53 Å². The molecule has 3 aromatic heterocycles. The number of carbonyl (C=O) groups excluding carboxylic acids is 1. The van der Waals surface area contributed by atoms with E-state index in [-0.39, 0.29) is 5.91 Å². The quantitative estimate of drug-likeness (QED) is 0.503. The molecule has 0 fully saturated rings. The molecule has 0 unspecified atom stereocenters. The van der Waals surface area contributed by atoms with Gasteiger partial charge < -0.3 is 14.5 Å². The van der Waals surface area contributed by atoms with E-state index in [1.165, 1.54) is 0 Å². The Kier molecular flexibility index (Phi) is 5.21. The maximum Gasteiger partial charge on any atom is 0.271 e. The Labute approximate surface area is 163 Å². The van der Waals surface area contributed by atoms with Crippen molar-refractivity contribution in [3.8, 4) is 16.9 Å². The average molecular weight is 374 g/mol. The highest BCUT2D eigenvalue weighted by atomic mass is 16.5. The van der Waals surface area contributed by atoms with Crippen LogP contribution in [-0.4, -0.2) is 40.3 Å². The fraction of sp³-hybridized carbons (Fsp3) is 0.182. The lowest BCUT2D eigenvalue weighted by molar-refractivity contribution is 0.0943. The molecule has 0 bridgehead atoms. The highest BCUT2D eigenvalue weighted by molar-refractivity contribution is 5.92. The molecular weight excluding hydrogens is 352 g/mol. The van der Waals surface area contributed by atoms with Crippen LogP contribution >= 0.6 is 0 Å². The summed E-state index contributed by atoms with van der Waals surface area (Å²) in [6, 6.07) is 20.2. The Hall–Kier alpha value is -3.38. The van der Waals surface area contributed by atoms with Gasteiger partial charge in [0.1, 0.15) is 5.82 Å². The Morgan fingerprint density at radius 3 is 2.68 bits per heavy atom. The minimum absolute atomic E-state index is 0.180. The fourth-order valence-corrected chi connectivity index (χ4v) is 3.16. The molecule has 28 heavy (non-hydrogen) atoms. The van der Waals surface area contributed by atoms with Crippen LogP contribution in [0.2, 0.25) is 0 Å². The van der Waals surface area contributed by atoms with Crippen LogP contribution in [0.25, 0.3) is 22.5 Å². The lowest BCUT2D eigenvalue weighted by Crippen LogP contribution is -2.25. The van der Waals surface area contributed by atoms with E-state index in [4.69, 9.17) is 4.74 Å². The number of carbonyl (C=O) groups is 1. The van der Waals surface area contributed by atoms with Crippen molar-refractivity contribution in [1.29, 1.82) is 0 Å². The van der Waals surface area contributed by atoms with Gasteiger partial charge in [-0.3, -0.25) is 4.79 Å². The van der Waals surface area contributed by atoms with Gasteiger partial charge in [-0.2, -0.15) is 5.10 Å². The number of aromatic nitrogens is 3. The van der Waals surface area contributed by atoms with Crippen LogP contribution in [0.3, 0.4) is 0 Å². The summed E-state index contributed by atoms with van der Waals surface area (Å²) in [6.45, 7) is 1.18. The molecule has 0 aliphatic carbocycles. The molecule has 142 valence electrons. The van der Waals surface area contributed by atoms with Crippen molar-refractivity contribution in [1.82, 2.24) is 19.5 Å². The maximum absolute atomic E-state index is 12.3. The Bertz CT molecular complexity index is 1080. The molecule has 6 nitrogen and oxygen atoms in total. The van der Waals surface area contributed by atoms with Gasteiger partial charge in [0.2, 0.25) is 0 Å². The molecule has 0 aliphatic rings. The Balaban J connectivity index is 1.59. The zero-order valence-electron chi connectivity index (χ0n) is 15.7. The third kappa shape index (κ3) is 3.68. The van der Waals surface area contributed by atoms with Gasteiger partial charge in [-0.05, 0) is 41.8 Å². The number of ether oxygens (including phenoxy) is 1. The summed E-state index contributed by atoms with van der Waals surface area (Å²) in [4.78, 5) is 12.3. The minimum Gasteiger partial charge on any atom is -0.385 e. The topological polar surface area (TPSA) is 60.6 Å². The van der Waals surface area contributed by atoms with Crippen molar-refractivity contribution in [2.24, 2.45) is 0 Å². The van der Waals surface area contributed by atoms with Crippen LogP contribution in [0.5, 0.6) is 0 Å². The first kappa shape index (κ1) is 18.0. The number of methoxy groups -OCH3 is 1. The van der Waals surface area contributed by atoms with Gasteiger partial charge in [-0.1, -0.05) is 36.4 Å². The highest BCUT2D eigenvalue weighted by Crippen LogP contribution is 2.22. The first-order valence-electron chi connectivity index (χ1n) is 9.26. The Morgan fingerprint density at radius 2 is 1.86 bits per heavy atom. The predicted molar refractivity (Wildman–Crippen MR) is 109 cm³/mol. The summed E-state index contributed by atoms with van der Waals surface area (Å²) >= 11 is 0. The molecule has 1 N–H and O–H groups in total. The smallest absolute Gasteiger partial charge is 0.271 e. The second-order valence-electron chi connectivity index (χ2n) is 6.52. The van der Waals surface area contributed by atoms with Gasteiger partial charge in [-0.25, -0.2) is 4.68 Å². The van der Waals surface area contributed by atoms with Crippen molar-refractivity contribution in [3.05, 3.63) is 78.8 Å². The number of benzene rings is 1. The molecule has 0 spiro atoms. The zero-order valence-corrected chi connectivity index (χ0v) is 15.7. The molecule has 0 saturated carbocycles. The number of fused-ring (bicyclic) bond motifs is 1. The normalized spacial score (nSPS) is 11.0. The summed E-state index contributed by atoms with van der Waals surface area (Å²) in [7, 11) is 1.65. The monoisotopic (exact) mass is 374 g/mol. The Morgan fingerprint density at radius 1 is 1.04 bits per heavy atom. The van der Waals surface area contributed by atoms with Crippen LogP contribution in [0.1, 0.15) is 16.9 Å². The summed E-state index contributed by atoms with van der Waals surface area (Å²) in [5, 5.41) is 7.32. The van der Waals surface area contributed by atoms with E-state index in [0.29, 0.717) is 18.8 Å². The standard InChI is InChI=1S/C22H22N4O2/c1-28-15-5-13-23-22(27)20-12-14-26(24-20)21-11-10-19-9-8-18(16-25(19)21)17-6-3-2-4-7-17/h2-4,6-12,14,16H,5,13,15H2,1H3,(H,23,27). The molecule has 0 saturated heterocycles. The molecular formula is C22H22N4O2. The third-order valence-electron chi connectivity index (χ3n) is 4.60.